The molecule has 29 heavy (non-hydrogen) atoms. The number of esters is 1. The molecule has 0 aliphatic carbocycles. The van der Waals surface area contributed by atoms with Crippen molar-refractivity contribution in [1.29, 1.82) is 0 Å². The van der Waals surface area contributed by atoms with Gasteiger partial charge in [-0.25, -0.2) is 9.59 Å². The summed E-state index contributed by atoms with van der Waals surface area (Å²) in [6.45, 7) is 5.61. The summed E-state index contributed by atoms with van der Waals surface area (Å²) in [4.78, 5) is 35.7. The third-order valence-corrected chi connectivity index (χ3v) is 4.07. The van der Waals surface area contributed by atoms with Crippen LogP contribution in [0.15, 0.2) is 54.6 Å². The van der Waals surface area contributed by atoms with Crippen molar-refractivity contribution < 1.29 is 19.1 Å². The van der Waals surface area contributed by atoms with E-state index in [0.29, 0.717) is 12.1 Å². The molecule has 0 aliphatic heterocycles. The number of hydrogen-bond donors (Lipinski definition) is 3. The van der Waals surface area contributed by atoms with Crippen LogP contribution in [0.4, 0.5) is 4.79 Å². The molecule has 0 fully saturated rings. The molecule has 0 bridgehead atoms. The van der Waals surface area contributed by atoms with Crippen molar-refractivity contribution in [1.82, 2.24) is 16.0 Å². The van der Waals surface area contributed by atoms with Gasteiger partial charge in [0, 0.05) is 12.6 Å². The quantitative estimate of drug-likeness (QED) is 0.597. The summed E-state index contributed by atoms with van der Waals surface area (Å²) >= 11 is 0. The maximum absolute atomic E-state index is 12.1. The van der Waals surface area contributed by atoms with E-state index < -0.39 is 5.97 Å². The van der Waals surface area contributed by atoms with E-state index in [-0.39, 0.29) is 30.6 Å². The Morgan fingerprint density at radius 2 is 1.55 bits per heavy atom. The molecule has 154 valence electrons. The lowest BCUT2D eigenvalue weighted by atomic mass is 10.1. The van der Waals surface area contributed by atoms with Crippen molar-refractivity contribution in [2.24, 2.45) is 0 Å². The lowest BCUT2D eigenvalue weighted by Crippen LogP contribution is -2.39. The molecule has 0 unspecified atom stereocenters. The second kappa shape index (κ2) is 10.8. The standard InChI is InChI=1S/C22H27N3O4/c1-15(2)24-22(28)23-13-17-9-11-19(12-10-17)21(27)29-14-20(26)25-16(3)18-7-5-4-6-8-18/h4-12,15-16H,13-14H2,1-3H3,(H,25,26)(H2,23,24,28)/t16-/m0/s1. The molecule has 2 rings (SSSR count). The number of ether oxygens (including phenoxy) is 1. The average Bonchev–Trinajstić information content (AvgIpc) is 2.71. The average molecular weight is 397 g/mol. The molecule has 0 saturated heterocycles. The lowest BCUT2D eigenvalue weighted by Gasteiger charge is -2.14. The summed E-state index contributed by atoms with van der Waals surface area (Å²) in [6.07, 6.45) is 0. The van der Waals surface area contributed by atoms with E-state index >= 15 is 0 Å². The number of nitrogens with one attached hydrogen (secondary N) is 3. The van der Waals surface area contributed by atoms with E-state index in [9.17, 15) is 14.4 Å². The summed E-state index contributed by atoms with van der Waals surface area (Å²) in [6, 6.07) is 15.8. The predicted molar refractivity (Wildman–Crippen MR) is 110 cm³/mol. The van der Waals surface area contributed by atoms with Gasteiger partial charge in [0.1, 0.15) is 0 Å². The Kier molecular flexibility index (Phi) is 8.21. The second-order valence-corrected chi connectivity index (χ2v) is 6.95. The molecule has 3 amide bonds. The largest absolute Gasteiger partial charge is 0.452 e. The lowest BCUT2D eigenvalue weighted by molar-refractivity contribution is -0.124. The number of hydrogen-bond acceptors (Lipinski definition) is 4. The van der Waals surface area contributed by atoms with Crippen molar-refractivity contribution in [3.63, 3.8) is 0 Å². The van der Waals surface area contributed by atoms with Gasteiger partial charge in [0.25, 0.3) is 5.91 Å². The SMILES string of the molecule is CC(C)NC(=O)NCc1ccc(C(=O)OCC(=O)N[C@@H](C)c2ccccc2)cc1. The Balaban J connectivity index is 1.77. The van der Waals surface area contributed by atoms with E-state index in [4.69, 9.17) is 4.74 Å². The Morgan fingerprint density at radius 1 is 0.897 bits per heavy atom. The van der Waals surface area contributed by atoms with Crippen LogP contribution in [0.5, 0.6) is 0 Å². The van der Waals surface area contributed by atoms with Crippen LogP contribution in [0.3, 0.4) is 0 Å². The van der Waals surface area contributed by atoms with Gasteiger partial charge in [0.05, 0.1) is 11.6 Å². The highest BCUT2D eigenvalue weighted by Gasteiger charge is 2.13. The number of carbonyl (C=O) groups is 3. The monoisotopic (exact) mass is 397 g/mol. The van der Waals surface area contributed by atoms with E-state index in [0.717, 1.165) is 11.1 Å². The topological polar surface area (TPSA) is 96.5 Å². The van der Waals surface area contributed by atoms with E-state index in [1.807, 2.05) is 51.1 Å². The fourth-order valence-corrected chi connectivity index (χ4v) is 2.58. The van der Waals surface area contributed by atoms with Crippen molar-refractivity contribution in [2.75, 3.05) is 6.61 Å². The molecule has 0 aliphatic rings. The maximum atomic E-state index is 12.1. The summed E-state index contributed by atoms with van der Waals surface area (Å²) in [5.41, 5.74) is 2.15. The molecule has 0 saturated carbocycles. The Morgan fingerprint density at radius 3 is 2.17 bits per heavy atom. The third kappa shape index (κ3) is 7.65. The fraction of sp³-hybridized carbons (Fsp3) is 0.318. The van der Waals surface area contributed by atoms with Crippen LogP contribution >= 0.6 is 0 Å². The van der Waals surface area contributed by atoms with Crippen molar-refractivity contribution >= 4 is 17.9 Å². The molecule has 0 heterocycles. The van der Waals surface area contributed by atoms with Gasteiger partial charge < -0.3 is 20.7 Å². The smallest absolute Gasteiger partial charge is 0.338 e. The first kappa shape index (κ1) is 21.9. The first-order chi connectivity index (χ1) is 13.8. The molecule has 0 radical (unpaired) electrons. The molecular weight excluding hydrogens is 370 g/mol. The second-order valence-electron chi connectivity index (χ2n) is 6.95. The Labute approximate surface area is 170 Å². The highest BCUT2D eigenvalue weighted by molar-refractivity contribution is 5.91. The summed E-state index contributed by atoms with van der Waals surface area (Å²) in [5.74, 6) is -0.948. The van der Waals surface area contributed by atoms with Gasteiger partial charge in [-0.15, -0.1) is 0 Å². The molecular formula is C22H27N3O4. The van der Waals surface area contributed by atoms with Crippen molar-refractivity contribution in [3.05, 3.63) is 71.3 Å². The zero-order chi connectivity index (χ0) is 21.2. The van der Waals surface area contributed by atoms with Gasteiger partial charge in [-0.1, -0.05) is 42.5 Å². The zero-order valence-electron chi connectivity index (χ0n) is 16.9. The molecule has 7 nitrogen and oxygen atoms in total. The van der Waals surface area contributed by atoms with Crippen LogP contribution in [-0.4, -0.2) is 30.6 Å². The first-order valence-corrected chi connectivity index (χ1v) is 9.50. The fourth-order valence-electron chi connectivity index (χ4n) is 2.58. The number of urea groups is 1. The number of rotatable bonds is 8. The number of carbonyl (C=O) groups excluding carboxylic acids is 3. The van der Waals surface area contributed by atoms with E-state index in [1.165, 1.54) is 0 Å². The highest BCUT2D eigenvalue weighted by Crippen LogP contribution is 2.11. The van der Waals surface area contributed by atoms with Crippen LogP contribution < -0.4 is 16.0 Å². The number of amides is 3. The molecule has 0 spiro atoms. The zero-order valence-corrected chi connectivity index (χ0v) is 16.9. The first-order valence-electron chi connectivity index (χ1n) is 9.50. The van der Waals surface area contributed by atoms with Gasteiger partial charge in [-0.2, -0.15) is 0 Å². The molecule has 3 N–H and O–H groups in total. The van der Waals surface area contributed by atoms with Gasteiger partial charge in [-0.05, 0) is 44.0 Å². The molecule has 1 atom stereocenters. The van der Waals surface area contributed by atoms with Gasteiger partial charge >= 0.3 is 12.0 Å². The minimum Gasteiger partial charge on any atom is -0.452 e. The van der Waals surface area contributed by atoms with Crippen molar-refractivity contribution in [2.45, 2.75) is 39.4 Å². The highest BCUT2D eigenvalue weighted by atomic mass is 16.5. The minimum atomic E-state index is -0.579. The van der Waals surface area contributed by atoms with Crippen LogP contribution in [0, 0.1) is 0 Å². The molecule has 2 aromatic rings. The summed E-state index contributed by atoms with van der Waals surface area (Å²) in [5, 5.41) is 8.25. The van der Waals surface area contributed by atoms with Crippen molar-refractivity contribution in [3.8, 4) is 0 Å². The van der Waals surface area contributed by atoms with E-state index in [1.54, 1.807) is 24.3 Å². The summed E-state index contributed by atoms with van der Waals surface area (Å²) in [7, 11) is 0. The predicted octanol–water partition coefficient (Wildman–Crippen LogP) is 2.93. The van der Waals surface area contributed by atoms with Gasteiger partial charge in [0.2, 0.25) is 0 Å². The normalized spacial score (nSPS) is 11.4. The Bertz CT molecular complexity index is 820. The Hall–Kier alpha value is -3.35. The minimum absolute atomic E-state index is 0.0556. The van der Waals surface area contributed by atoms with Crippen LogP contribution in [0.2, 0.25) is 0 Å². The summed E-state index contributed by atoms with van der Waals surface area (Å²) < 4.78 is 5.08. The van der Waals surface area contributed by atoms with Crippen LogP contribution in [-0.2, 0) is 16.1 Å². The number of benzene rings is 2. The van der Waals surface area contributed by atoms with E-state index in [2.05, 4.69) is 16.0 Å². The third-order valence-electron chi connectivity index (χ3n) is 4.07. The van der Waals surface area contributed by atoms with Crippen LogP contribution in [0.25, 0.3) is 0 Å². The van der Waals surface area contributed by atoms with Crippen LogP contribution in [0.1, 0.15) is 48.3 Å². The molecule has 7 heteroatoms. The molecule has 2 aromatic carbocycles. The molecule has 0 aromatic heterocycles. The van der Waals surface area contributed by atoms with Gasteiger partial charge in [-0.3, -0.25) is 4.79 Å². The maximum Gasteiger partial charge on any atom is 0.338 e. The van der Waals surface area contributed by atoms with Gasteiger partial charge in [0.15, 0.2) is 6.61 Å².